The zero-order valence-electron chi connectivity index (χ0n) is 17.3. The van der Waals surface area contributed by atoms with Gasteiger partial charge in [-0.05, 0) is 36.8 Å². The lowest BCUT2D eigenvalue weighted by Gasteiger charge is -2.24. The van der Waals surface area contributed by atoms with E-state index in [4.69, 9.17) is 5.73 Å². The molecule has 32 heavy (non-hydrogen) atoms. The topological polar surface area (TPSA) is 107 Å². The lowest BCUT2D eigenvalue weighted by Crippen LogP contribution is -2.37. The Morgan fingerprint density at radius 1 is 1.28 bits per heavy atom. The maximum Gasteiger partial charge on any atom is 0.268 e. The van der Waals surface area contributed by atoms with E-state index >= 15 is 4.39 Å². The van der Waals surface area contributed by atoms with E-state index in [1.54, 1.807) is 27.6 Å². The van der Waals surface area contributed by atoms with E-state index in [9.17, 15) is 9.59 Å². The van der Waals surface area contributed by atoms with E-state index in [0.29, 0.717) is 35.5 Å². The number of anilines is 2. The number of benzene rings is 2. The molecule has 5 rings (SSSR count). The summed E-state index contributed by atoms with van der Waals surface area (Å²) in [6, 6.07) is 12.0. The van der Waals surface area contributed by atoms with Gasteiger partial charge in [-0.1, -0.05) is 18.2 Å². The third kappa shape index (κ3) is 3.37. The monoisotopic (exact) mass is 432 g/mol. The van der Waals surface area contributed by atoms with Crippen LogP contribution in [0.5, 0.6) is 0 Å². The molecule has 1 aliphatic rings. The number of rotatable bonds is 4. The van der Waals surface area contributed by atoms with Crippen LogP contribution in [0, 0.1) is 5.82 Å². The summed E-state index contributed by atoms with van der Waals surface area (Å²) in [5.41, 5.74) is 8.40. The summed E-state index contributed by atoms with van der Waals surface area (Å²) in [5.74, 6) is -1.49. The van der Waals surface area contributed by atoms with E-state index in [1.807, 2.05) is 31.2 Å². The van der Waals surface area contributed by atoms with Gasteiger partial charge in [-0.15, -0.1) is 0 Å². The highest BCUT2D eigenvalue weighted by molar-refractivity contribution is 6.07. The predicted octanol–water partition coefficient (Wildman–Crippen LogP) is 3.16. The first-order valence-corrected chi connectivity index (χ1v) is 10.2. The van der Waals surface area contributed by atoms with Crippen LogP contribution in [0.4, 0.5) is 15.8 Å². The highest BCUT2D eigenvalue weighted by atomic mass is 19.1. The number of halogens is 1. The van der Waals surface area contributed by atoms with Gasteiger partial charge in [0.15, 0.2) is 5.82 Å². The number of carbonyl (C=O) groups is 2. The second-order valence-electron chi connectivity index (χ2n) is 7.95. The van der Waals surface area contributed by atoms with Crippen molar-refractivity contribution in [2.24, 2.45) is 0 Å². The number of nitrogens with one attached hydrogen (secondary N) is 2. The largest absolute Gasteiger partial charge is 0.399 e. The van der Waals surface area contributed by atoms with Crippen molar-refractivity contribution < 1.29 is 14.0 Å². The van der Waals surface area contributed by atoms with Crippen molar-refractivity contribution in [2.75, 3.05) is 17.6 Å². The Hall–Kier alpha value is -4.14. The fraction of sp³-hybridized carbons (Fsp3) is 0.174. The summed E-state index contributed by atoms with van der Waals surface area (Å²) in [7, 11) is 0. The van der Waals surface area contributed by atoms with Crippen molar-refractivity contribution >= 4 is 34.1 Å². The average molecular weight is 432 g/mol. The molecule has 1 atom stereocenters. The quantitative estimate of drug-likeness (QED) is 0.431. The van der Waals surface area contributed by atoms with Gasteiger partial charge in [0.1, 0.15) is 5.69 Å². The van der Waals surface area contributed by atoms with Crippen molar-refractivity contribution in [1.82, 2.24) is 19.7 Å². The molecule has 0 radical (unpaired) electrons. The Morgan fingerprint density at radius 3 is 2.84 bits per heavy atom. The number of nitrogens with two attached hydrogens (primary N) is 1. The minimum Gasteiger partial charge on any atom is -0.399 e. The van der Waals surface area contributed by atoms with Gasteiger partial charge in [0, 0.05) is 29.9 Å². The second kappa shape index (κ2) is 7.52. The molecule has 0 unspecified atom stereocenters. The van der Waals surface area contributed by atoms with Crippen molar-refractivity contribution in [2.45, 2.75) is 19.5 Å². The third-order valence-corrected chi connectivity index (χ3v) is 5.63. The molecule has 4 N–H and O–H groups in total. The minimum atomic E-state index is -0.651. The third-order valence-electron chi connectivity index (χ3n) is 5.63. The van der Waals surface area contributed by atoms with Crippen LogP contribution < -0.4 is 16.4 Å². The number of aromatic nitrogens is 3. The van der Waals surface area contributed by atoms with Crippen LogP contribution in [-0.2, 0) is 6.54 Å². The summed E-state index contributed by atoms with van der Waals surface area (Å²) in [6.07, 6.45) is 3.19. The molecule has 3 heterocycles. The summed E-state index contributed by atoms with van der Waals surface area (Å²) in [5, 5.41) is 10.3. The molecule has 0 saturated carbocycles. The smallest absolute Gasteiger partial charge is 0.268 e. The highest BCUT2D eigenvalue weighted by Gasteiger charge is 2.27. The Bertz CT molecular complexity index is 1360. The Kier molecular flexibility index (Phi) is 4.66. The number of hydrogen-bond donors (Lipinski definition) is 3. The van der Waals surface area contributed by atoms with Crippen LogP contribution in [0.25, 0.3) is 10.9 Å². The van der Waals surface area contributed by atoms with Gasteiger partial charge in [0.25, 0.3) is 11.8 Å². The fourth-order valence-electron chi connectivity index (χ4n) is 4.03. The van der Waals surface area contributed by atoms with Crippen molar-refractivity contribution in [3.63, 3.8) is 0 Å². The summed E-state index contributed by atoms with van der Waals surface area (Å²) in [6.45, 7) is 2.80. The molecule has 1 aliphatic heterocycles. The van der Waals surface area contributed by atoms with Crippen LogP contribution in [-0.4, -0.2) is 32.7 Å². The van der Waals surface area contributed by atoms with Gasteiger partial charge >= 0.3 is 0 Å². The molecule has 162 valence electrons. The Morgan fingerprint density at radius 2 is 2.06 bits per heavy atom. The molecule has 9 heteroatoms. The van der Waals surface area contributed by atoms with Crippen LogP contribution in [0.15, 0.2) is 54.9 Å². The van der Waals surface area contributed by atoms with E-state index in [1.165, 1.54) is 12.3 Å². The molecule has 4 aromatic rings. The van der Waals surface area contributed by atoms with Gasteiger partial charge < -0.3 is 20.9 Å². The number of fused-ring (bicyclic) bond motifs is 3. The zero-order chi connectivity index (χ0) is 22.4. The van der Waals surface area contributed by atoms with Crippen LogP contribution in [0.3, 0.4) is 0 Å². The second-order valence-corrected chi connectivity index (χ2v) is 7.95. The van der Waals surface area contributed by atoms with Gasteiger partial charge in [-0.25, -0.2) is 4.39 Å². The molecule has 0 fully saturated rings. The fourth-order valence-corrected chi connectivity index (χ4v) is 4.03. The molecule has 8 nitrogen and oxygen atoms in total. The van der Waals surface area contributed by atoms with Gasteiger partial charge in [-0.3, -0.25) is 14.3 Å². The van der Waals surface area contributed by atoms with Gasteiger partial charge in [-0.2, -0.15) is 5.10 Å². The molecule has 0 spiro atoms. The van der Waals surface area contributed by atoms with Crippen molar-refractivity contribution in [1.29, 1.82) is 0 Å². The lowest BCUT2D eigenvalue weighted by molar-refractivity contribution is 0.0919. The molecule has 2 aromatic heterocycles. The number of nitrogens with zero attached hydrogens (tertiary/aromatic N) is 3. The first-order valence-electron chi connectivity index (χ1n) is 10.2. The van der Waals surface area contributed by atoms with Gasteiger partial charge in [0.05, 0.1) is 29.5 Å². The maximum atomic E-state index is 15.4. The average Bonchev–Trinajstić information content (AvgIpc) is 3.38. The molecule has 0 aliphatic carbocycles. The summed E-state index contributed by atoms with van der Waals surface area (Å²) >= 11 is 0. The van der Waals surface area contributed by atoms with Crippen LogP contribution in [0.1, 0.15) is 39.4 Å². The first-order chi connectivity index (χ1) is 15.4. The van der Waals surface area contributed by atoms with E-state index in [-0.39, 0.29) is 23.0 Å². The Labute approximate surface area is 182 Å². The molecule has 2 amide bonds. The number of amides is 2. The van der Waals surface area contributed by atoms with Crippen molar-refractivity contribution in [3.8, 4) is 0 Å². The standard InChI is InChI=1S/C23H21FN6O2/c1-13-9-26-23(32)19-8-15-4-7-18(20(24)21(15)30(13)19)22(31)28-17-10-27-29(12-17)11-14-2-5-16(25)6-3-14/h2-8,10,12-13H,9,11,25H2,1H3,(H,26,32)(H,28,31)/t13-/m1/s1. The molecular weight excluding hydrogens is 411 g/mol. The lowest BCUT2D eigenvalue weighted by atomic mass is 10.1. The summed E-state index contributed by atoms with van der Waals surface area (Å²) in [4.78, 5) is 25.0. The maximum absolute atomic E-state index is 15.4. The molecular formula is C23H21FN6O2. The SMILES string of the molecule is C[C@@H]1CNC(=O)c2cc3ccc(C(=O)Nc4cnn(Cc5ccc(N)cc5)c4)c(F)c3n21. The minimum absolute atomic E-state index is 0.0946. The predicted molar refractivity (Wildman–Crippen MR) is 119 cm³/mol. The summed E-state index contributed by atoms with van der Waals surface area (Å²) < 4.78 is 18.8. The van der Waals surface area contributed by atoms with Crippen LogP contribution >= 0.6 is 0 Å². The van der Waals surface area contributed by atoms with E-state index < -0.39 is 11.7 Å². The number of nitrogen functional groups attached to an aromatic ring is 1. The van der Waals surface area contributed by atoms with Crippen LogP contribution in [0.2, 0.25) is 0 Å². The molecule has 0 bridgehead atoms. The van der Waals surface area contributed by atoms with Gasteiger partial charge in [0.2, 0.25) is 0 Å². The molecule has 0 saturated heterocycles. The van der Waals surface area contributed by atoms with E-state index in [0.717, 1.165) is 5.56 Å². The normalized spacial score (nSPS) is 15.4. The Balaban J connectivity index is 1.40. The zero-order valence-corrected chi connectivity index (χ0v) is 17.3. The first kappa shape index (κ1) is 19.8. The van der Waals surface area contributed by atoms with E-state index in [2.05, 4.69) is 15.7 Å². The number of carbonyl (C=O) groups excluding carboxylic acids is 2. The highest BCUT2D eigenvalue weighted by Crippen LogP contribution is 2.30. The molecule has 2 aromatic carbocycles. The number of hydrogen-bond acceptors (Lipinski definition) is 4. The van der Waals surface area contributed by atoms with Crippen molar-refractivity contribution in [3.05, 3.63) is 77.5 Å².